The Morgan fingerprint density at radius 2 is 0.865 bits per heavy atom. The van der Waals surface area contributed by atoms with Crippen LogP contribution in [0.25, 0.3) is 77.2 Å². The van der Waals surface area contributed by atoms with Crippen LogP contribution in [0.15, 0.2) is 283 Å². The SMILES string of the molecule is c1ccc(N2c3ccccc3C3(c4ccccc4-c4c(N(c5cccc(-c6cccc7c6oc6ccccc67)c5)c5ccccc5-c5ccccc5-c5cccc6ccccc56)cccc43)c3ccccc32)cc1. The standard InChI is InChI=1S/C71H46N2O/c1-2-25-49(26-3-1)72-65-42-15-12-38-61(65)71(62-39-13-16-43-66(62)72)60-37-11-8-33-59(60)69-63(71)40-21-44-67(69)73(50-27-18-24-48(46-50)52-34-20-36-58-57-32-10-17-45-68(57)74-70(52)58)64-41-14-9-31-56(64)55-30-7-6-29-54(55)53-35-19-23-47-22-4-5-28-51(47)53/h1-46H. The maximum absolute atomic E-state index is 6.71. The van der Waals surface area contributed by atoms with Gasteiger partial charge in [-0.05, 0) is 115 Å². The van der Waals surface area contributed by atoms with E-state index in [0.717, 1.165) is 66.9 Å². The van der Waals surface area contributed by atoms with Crippen molar-refractivity contribution in [2.75, 3.05) is 9.80 Å². The van der Waals surface area contributed by atoms with Crippen LogP contribution < -0.4 is 9.80 Å². The van der Waals surface area contributed by atoms with Crippen LogP contribution in [0, 0.1) is 0 Å². The molecule has 12 aromatic carbocycles. The first-order chi connectivity index (χ1) is 36.8. The number of fused-ring (bicyclic) bond motifs is 13. The van der Waals surface area contributed by atoms with E-state index >= 15 is 0 Å². The maximum atomic E-state index is 6.71. The average Bonchev–Trinajstić information content (AvgIpc) is 4.11. The van der Waals surface area contributed by atoms with E-state index in [1.165, 1.54) is 66.7 Å². The van der Waals surface area contributed by atoms with E-state index in [4.69, 9.17) is 4.42 Å². The fourth-order valence-electron chi connectivity index (χ4n) is 12.7. The van der Waals surface area contributed by atoms with Gasteiger partial charge < -0.3 is 14.2 Å². The summed E-state index contributed by atoms with van der Waals surface area (Å²) in [6.07, 6.45) is 0. The van der Waals surface area contributed by atoms with Crippen LogP contribution in [0.4, 0.5) is 34.1 Å². The van der Waals surface area contributed by atoms with Gasteiger partial charge in [-0.15, -0.1) is 0 Å². The van der Waals surface area contributed by atoms with Crippen molar-refractivity contribution in [2.24, 2.45) is 0 Å². The number of rotatable bonds is 7. The van der Waals surface area contributed by atoms with Crippen LogP contribution in [0.2, 0.25) is 0 Å². The number of hydrogen-bond acceptors (Lipinski definition) is 3. The molecule has 0 radical (unpaired) electrons. The first-order valence-corrected chi connectivity index (χ1v) is 25.5. The molecule has 74 heavy (non-hydrogen) atoms. The molecule has 0 fully saturated rings. The number of benzene rings is 12. The molecule has 0 N–H and O–H groups in total. The molecule has 0 amide bonds. The van der Waals surface area contributed by atoms with Crippen molar-refractivity contribution in [3.8, 4) is 44.5 Å². The quantitative estimate of drug-likeness (QED) is 0.159. The molecular formula is C71H46N2O. The third kappa shape index (κ3) is 6.14. The molecule has 2 heterocycles. The van der Waals surface area contributed by atoms with Gasteiger partial charge in [-0.1, -0.05) is 224 Å². The van der Waals surface area contributed by atoms with E-state index in [-0.39, 0.29) is 0 Å². The summed E-state index contributed by atoms with van der Waals surface area (Å²) < 4.78 is 6.71. The zero-order chi connectivity index (χ0) is 48.7. The molecule has 0 unspecified atom stereocenters. The van der Waals surface area contributed by atoms with Crippen LogP contribution in [-0.4, -0.2) is 0 Å². The summed E-state index contributed by atoms with van der Waals surface area (Å²) in [7, 11) is 0. The Kier molecular flexibility index (Phi) is 9.48. The Balaban J connectivity index is 1.02. The van der Waals surface area contributed by atoms with E-state index < -0.39 is 5.41 Å². The van der Waals surface area contributed by atoms with Gasteiger partial charge in [-0.2, -0.15) is 0 Å². The van der Waals surface area contributed by atoms with Crippen LogP contribution in [0.1, 0.15) is 22.3 Å². The molecule has 15 rings (SSSR count). The van der Waals surface area contributed by atoms with Crippen molar-refractivity contribution < 1.29 is 4.42 Å². The van der Waals surface area contributed by atoms with Gasteiger partial charge >= 0.3 is 0 Å². The first kappa shape index (κ1) is 42.0. The molecule has 3 heteroatoms. The molecular weight excluding hydrogens is 897 g/mol. The Labute approximate surface area is 430 Å². The highest BCUT2D eigenvalue weighted by Crippen LogP contribution is 2.65. The highest BCUT2D eigenvalue weighted by molar-refractivity contribution is 6.10. The van der Waals surface area contributed by atoms with Crippen molar-refractivity contribution in [3.05, 3.63) is 301 Å². The van der Waals surface area contributed by atoms with Gasteiger partial charge in [0.25, 0.3) is 0 Å². The lowest BCUT2D eigenvalue weighted by molar-refractivity contribution is 0.670. The van der Waals surface area contributed by atoms with Crippen LogP contribution in [0.5, 0.6) is 0 Å². The minimum Gasteiger partial charge on any atom is -0.455 e. The molecule has 1 aliphatic carbocycles. The van der Waals surface area contributed by atoms with Crippen LogP contribution >= 0.6 is 0 Å². The molecule has 0 saturated carbocycles. The van der Waals surface area contributed by atoms with Gasteiger partial charge in [-0.25, -0.2) is 0 Å². The molecule has 1 aliphatic heterocycles. The first-order valence-electron chi connectivity index (χ1n) is 25.5. The number of anilines is 6. The summed E-state index contributed by atoms with van der Waals surface area (Å²) in [6.45, 7) is 0. The lowest BCUT2D eigenvalue weighted by Crippen LogP contribution is -2.36. The summed E-state index contributed by atoms with van der Waals surface area (Å²) in [5, 5.41) is 4.67. The fourth-order valence-corrected chi connectivity index (χ4v) is 12.7. The topological polar surface area (TPSA) is 19.6 Å². The lowest BCUT2D eigenvalue weighted by atomic mass is 9.64. The van der Waals surface area contributed by atoms with Crippen LogP contribution in [0.3, 0.4) is 0 Å². The van der Waals surface area contributed by atoms with Crippen molar-refractivity contribution in [1.82, 2.24) is 0 Å². The van der Waals surface area contributed by atoms with Gasteiger partial charge in [0.1, 0.15) is 11.2 Å². The molecule has 1 aromatic heterocycles. The molecule has 0 bridgehead atoms. The average molecular weight is 943 g/mol. The Hall–Kier alpha value is -9.70. The number of furan rings is 1. The van der Waals surface area contributed by atoms with Crippen molar-refractivity contribution in [1.29, 1.82) is 0 Å². The molecule has 346 valence electrons. The van der Waals surface area contributed by atoms with Crippen LogP contribution in [-0.2, 0) is 5.41 Å². The highest BCUT2D eigenvalue weighted by Gasteiger charge is 2.52. The zero-order valence-electron chi connectivity index (χ0n) is 40.4. The number of para-hydroxylation sites is 6. The van der Waals surface area contributed by atoms with Crippen molar-refractivity contribution >= 4 is 66.8 Å². The van der Waals surface area contributed by atoms with Crippen molar-refractivity contribution in [3.63, 3.8) is 0 Å². The smallest absolute Gasteiger partial charge is 0.143 e. The van der Waals surface area contributed by atoms with E-state index in [9.17, 15) is 0 Å². The summed E-state index contributed by atoms with van der Waals surface area (Å²) in [5.41, 5.74) is 22.1. The molecule has 0 saturated heterocycles. The van der Waals surface area contributed by atoms with Gasteiger partial charge in [0.15, 0.2) is 0 Å². The van der Waals surface area contributed by atoms with E-state index in [1.54, 1.807) is 0 Å². The molecule has 3 nitrogen and oxygen atoms in total. The predicted molar refractivity (Wildman–Crippen MR) is 308 cm³/mol. The molecule has 1 spiro atoms. The van der Waals surface area contributed by atoms with Gasteiger partial charge in [0, 0.05) is 38.8 Å². The third-order valence-electron chi connectivity index (χ3n) is 15.7. The highest BCUT2D eigenvalue weighted by atomic mass is 16.3. The Morgan fingerprint density at radius 3 is 1.68 bits per heavy atom. The molecule has 0 atom stereocenters. The largest absolute Gasteiger partial charge is 0.455 e. The summed E-state index contributed by atoms with van der Waals surface area (Å²) >= 11 is 0. The third-order valence-corrected chi connectivity index (χ3v) is 15.7. The normalized spacial score (nSPS) is 12.9. The van der Waals surface area contributed by atoms with Gasteiger partial charge in [-0.3, -0.25) is 0 Å². The zero-order valence-corrected chi connectivity index (χ0v) is 40.4. The monoisotopic (exact) mass is 942 g/mol. The summed E-state index contributed by atoms with van der Waals surface area (Å²) in [5.74, 6) is 0. The number of hydrogen-bond donors (Lipinski definition) is 0. The second kappa shape index (κ2) is 16.7. The number of nitrogens with zero attached hydrogens (tertiary/aromatic N) is 2. The van der Waals surface area contributed by atoms with E-state index in [1.807, 2.05) is 6.07 Å². The summed E-state index contributed by atoms with van der Waals surface area (Å²) in [6, 6.07) is 102. The Bertz CT molecular complexity index is 4300. The van der Waals surface area contributed by atoms with Gasteiger partial charge in [0.2, 0.25) is 0 Å². The fraction of sp³-hybridized carbons (Fsp3) is 0.0141. The predicted octanol–water partition coefficient (Wildman–Crippen LogP) is 19.4. The van der Waals surface area contributed by atoms with Crippen molar-refractivity contribution in [2.45, 2.75) is 5.41 Å². The minimum absolute atomic E-state index is 0.634. The second-order valence-electron chi connectivity index (χ2n) is 19.5. The molecule has 13 aromatic rings. The second-order valence-corrected chi connectivity index (χ2v) is 19.5. The lowest BCUT2D eigenvalue weighted by Gasteiger charge is -2.45. The molecule has 2 aliphatic rings. The van der Waals surface area contributed by atoms with Gasteiger partial charge in [0.05, 0.1) is 28.2 Å². The summed E-state index contributed by atoms with van der Waals surface area (Å²) in [4.78, 5) is 4.98. The Morgan fingerprint density at radius 1 is 0.338 bits per heavy atom. The maximum Gasteiger partial charge on any atom is 0.143 e. The van der Waals surface area contributed by atoms with E-state index in [0.29, 0.717) is 0 Å². The van der Waals surface area contributed by atoms with E-state index in [2.05, 4.69) is 283 Å². The minimum atomic E-state index is -0.634.